The minimum Gasteiger partial charge on any atom is -0.0651 e. The third-order valence-electron chi connectivity index (χ3n) is 4.30. The molecule has 0 heteroatoms. The highest BCUT2D eigenvalue weighted by atomic mass is 14.5. The van der Waals surface area contributed by atoms with Gasteiger partial charge in [0.1, 0.15) is 0 Å². The van der Waals surface area contributed by atoms with Gasteiger partial charge in [-0.25, -0.2) is 0 Å². The molecule has 0 radical (unpaired) electrons. The van der Waals surface area contributed by atoms with E-state index < -0.39 is 0 Å². The van der Waals surface area contributed by atoms with Crippen molar-refractivity contribution in [1.29, 1.82) is 0 Å². The minimum atomic E-state index is 0.942. The monoisotopic (exact) mass is 166 g/mol. The van der Waals surface area contributed by atoms with Crippen LogP contribution in [0.2, 0.25) is 0 Å². The second kappa shape index (κ2) is 3.05. The molecule has 0 saturated heterocycles. The van der Waals surface area contributed by atoms with Crippen molar-refractivity contribution in [3.8, 4) is 0 Å². The van der Waals surface area contributed by atoms with Crippen LogP contribution in [0.4, 0.5) is 0 Å². The van der Waals surface area contributed by atoms with Gasteiger partial charge in [0.05, 0.1) is 0 Å². The Kier molecular flexibility index (Phi) is 2.18. The Morgan fingerprint density at radius 2 is 1.92 bits per heavy atom. The first-order chi connectivity index (χ1) is 5.74. The first kappa shape index (κ1) is 8.59. The Labute approximate surface area is 76.7 Å². The molecule has 12 heavy (non-hydrogen) atoms. The molecule has 0 N–H and O–H groups in total. The van der Waals surface area contributed by atoms with Crippen LogP contribution < -0.4 is 0 Å². The van der Waals surface area contributed by atoms with Gasteiger partial charge in [0.15, 0.2) is 0 Å². The van der Waals surface area contributed by atoms with Gasteiger partial charge in [-0.2, -0.15) is 0 Å². The van der Waals surface area contributed by atoms with E-state index in [0.717, 1.165) is 29.6 Å². The van der Waals surface area contributed by atoms with Crippen molar-refractivity contribution in [1.82, 2.24) is 0 Å². The number of hydrogen-bond acceptors (Lipinski definition) is 0. The summed E-state index contributed by atoms with van der Waals surface area (Å²) in [7, 11) is 0. The molecular weight excluding hydrogens is 144 g/mol. The van der Waals surface area contributed by atoms with Gasteiger partial charge < -0.3 is 0 Å². The molecular formula is C12H22. The normalized spacial score (nSPS) is 46.0. The molecule has 2 rings (SSSR count). The van der Waals surface area contributed by atoms with Crippen molar-refractivity contribution in [2.75, 3.05) is 0 Å². The molecule has 2 saturated carbocycles. The second-order valence-corrected chi connectivity index (χ2v) is 5.22. The summed E-state index contributed by atoms with van der Waals surface area (Å²) in [6.45, 7) is 7.19. The summed E-state index contributed by atoms with van der Waals surface area (Å²) in [6.07, 6.45) is 6.06. The van der Waals surface area contributed by atoms with Crippen molar-refractivity contribution < 1.29 is 0 Å². The van der Waals surface area contributed by atoms with Gasteiger partial charge in [-0.1, -0.05) is 27.2 Å². The van der Waals surface area contributed by atoms with Crippen LogP contribution in [0.1, 0.15) is 46.5 Å². The highest BCUT2D eigenvalue weighted by Crippen LogP contribution is 2.58. The van der Waals surface area contributed by atoms with Crippen LogP contribution in [0.3, 0.4) is 0 Å². The van der Waals surface area contributed by atoms with Gasteiger partial charge in [0.25, 0.3) is 0 Å². The number of fused-ring (bicyclic) bond motifs is 1. The molecule has 3 unspecified atom stereocenters. The average Bonchev–Trinajstić information content (AvgIpc) is 2.80. The molecule has 70 valence electrons. The first-order valence-electron chi connectivity index (χ1n) is 5.74. The lowest BCUT2D eigenvalue weighted by Crippen LogP contribution is -2.21. The van der Waals surface area contributed by atoms with Gasteiger partial charge in [0, 0.05) is 0 Å². The van der Waals surface area contributed by atoms with Crippen LogP contribution in [0.15, 0.2) is 0 Å². The van der Waals surface area contributed by atoms with Crippen molar-refractivity contribution in [3.63, 3.8) is 0 Å². The van der Waals surface area contributed by atoms with Crippen molar-refractivity contribution in [2.45, 2.75) is 46.5 Å². The van der Waals surface area contributed by atoms with E-state index in [9.17, 15) is 0 Å². The van der Waals surface area contributed by atoms with Crippen LogP contribution in [0, 0.1) is 29.6 Å². The molecule has 2 aliphatic rings. The lowest BCUT2D eigenvalue weighted by atomic mass is 9.76. The van der Waals surface area contributed by atoms with Gasteiger partial charge in [-0.05, 0) is 48.9 Å². The van der Waals surface area contributed by atoms with Gasteiger partial charge in [0.2, 0.25) is 0 Å². The summed E-state index contributed by atoms with van der Waals surface area (Å²) in [5, 5.41) is 0. The summed E-state index contributed by atoms with van der Waals surface area (Å²) < 4.78 is 0. The third-order valence-corrected chi connectivity index (χ3v) is 4.30. The molecule has 0 aromatic rings. The fraction of sp³-hybridized carbons (Fsp3) is 1.00. The molecule has 0 amide bonds. The zero-order valence-electron chi connectivity index (χ0n) is 8.72. The maximum Gasteiger partial charge on any atom is -0.0349 e. The number of rotatable bonds is 2. The fourth-order valence-electron chi connectivity index (χ4n) is 3.44. The first-order valence-corrected chi connectivity index (χ1v) is 5.74. The quantitative estimate of drug-likeness (QED) is 0.586. The molecule has 0 nitrogen and oxygen atoms in total. The topological polar surface area (TPSA) is 0 Å². The van der Waals surface area contributed by atoms with E-state index in [0.29, 0.717) is 0 Å². The van der Waals surface area contributed by atoms with Gasteiger partial charge >= 0.3 is 0 Å². The number of hydrogen-bond donors (Lipinski definition) is 0. The summed E-state index contributed by atoms with van der Waals surface area (Å²) in [5.41, 5.74) is 0. The van der Waals surface area contributed by atoms with Crippen LogP contribution in [0.25, 0.3) is 0 Å². The summed E-state index contributed by atoms with van der Waals surface area (Å²) in [4.78, 5) is 0. The van der Waals surface area contributed by atoms with Crippen LogP contribution >= 0.6 is 0 Å². The van der Waals surface area contributed by atoms with E-state index >= 15 is 0 Å². The smallest absolute Gasteiger partial charge is 0.0349 e. The fourth-order valence-corrected chi connectivity index (χ4v) is 3.44. The molecule has 0 aromatic heterocycles. The Balaban J connectivity index is 1.94. The molecule has 0 spiro atoms. The molecule has 2 aliphatic carbocycles. The zero-order chi connectivity index (χ0) is 8.72. The Morgan fingerprint density at radius 3 is 2.50 bits per heavy atom. The molecule has 0 aliphatic heterocycles. The van der Waals surface area contributed by atoms with Crippen molar-refractivity contribution in [3.05, 3.63) is 0 Å². The Bertz CT molecular complexity index is 159. The maximum atomic E-state index is 2.41. The predicted octanol–water partition coefficient (Wildman–Crippen LogP) is 3.71. The largest absolute Gasteiger partial charge is 0.0651 e. The predicted molar refractivity (Wildman–Crippen MR) is 52.9 cm³/mol. The summed E-state index contributed by atoms with van der Waals surface area (Å²) in [6, 6.07) is 0. The van der Waals surface area contributed by atoms with E-state index in [2.05, 4.69) is 20.8 Å². The molecule has 0 aromatic carbocycles. The average molecular weight is 166 g/mol. The van der Waals surface area contributed by atoms with E-state index in [4.69, 9.17) is 0 Å². The van der Waals surface area contributed by atoms with Gasteiger partial charge in [-0.3, -0.25) is 0 Å². The second-order valence-electron chi connectivity index (χ2n) is 5.22. The maximum absolute atomic E-state index is 2.41. The zero-order valence-corrected chi connectivity index (χ0v) is 8.72. The summed E-state index contributed by atoms with van der Waals surface area (Å²) in [5.74, 6) is 5.42. The molecule has 4 atom stereocenters. The molecule has 2 fully saturated rings. The lowest BCUT2D eigenvalue weighted by molar-refractivity contribution is 0.205. The SMILES string of the molecule is CCC1CC[C@@H](C(C)C)C2CC12. The minimum absolute atomic E-state index is 0.942. The van der Waals surface area contributed by atoms with Crippen LogP contribution in [0.5, 0.6) is 0 Å². The molecule has 0 heterocycles. The van der Waals surface area contributed by atoms with Crippen molar-refractivity contribution >= 4 is 0 Å². The summed E-state index contributed by atoms with van der Waals surface area (Å²) >= 11 is 0. The van der Waals surface area contributed by atoms with E-state index in [1.54, 1.807) is 6.42 Å². The van der Waals surface area contributed by atoms with E-state index in [1.807, 2.05) is 0 Å². The van der Waals surface area contributed by atoms with Crippen LogP contribution in [-0.2, 0) is 0 Å². The Hall–Kier alpha value is 0. The van der Waals surface area contributed by atoms with Crippen molar-refractivity contribution in [2.24, 2.45) is 29.6 Å². The highest BCUT2D eigenvalue weighted by molar-refractivity contribution is 4.99. The third kappa shape index (κ3) is 1.30. The van der Waals surface area contributed by atoms with E-state index in [1.165, 1.54) is 19.3 Å². The van der Waals surface area contributed by atoms with Gasteiger partial charge in [-0.15, -0.1) is 0 Å². The van der Waals surface area contributed by atoms with E-state index in [-0.39, 0.29) is 0 Å². The highest BCUT2D eigenvalue weighted by Gasteiger charge is 2.50. The van der Waals surface area contributed by atoms with Crippen LogP contribution in [-0.4, -0.2) is 0 Å². The Morgan fingerprint density at radius 1 is 1.17 bits per heavy atom. The standard InChI is InChI=1S/C12H22/c1-4-9-5-6-10(8(2)3)12-7-11(9)12/h8-12H,4-7H2,1-3H3/t9?,10-,11?,12?/m0/s1. The lowest BCUT2D eigenvalue weighted by Gasteiger charge is -2.29. The molecule has 0 bridgehead atoms.